The third-order valence-corrected chi connectivity index (χ3v) is 6.76. The molecule has 0 bridgehead atoms. The van der Waals surface area contributed by atoms with E-state index in [0.717, 1.165) is 5.30 Å². The van der Waals surface area contributed by atoms with Gasteiger partial charge in [0.25, 0.3) is 0 Å². The summed E-state index contributed by atoms with van der Waals surface area (Å²) in [7, 11) is 0. The summed E-state index contributed by atoms with van der Waals surface area (Å²) in [6, 6.07) is 39.6. The Morgan fingerprint density at radius 3 is 0.879 bits per heavy atom. The molecular formula is C30H30IOP. The average molecular weight is 564 g/mol. The second kappa shape index (κ2) is 18.6. The molecule has 1 unspecified atom stereocenters. The van der Waals surface area contributed by atoms with Crippen molar-refractivity contribution in [2.75, 3.05) is 0 Å². The van der Waals surface area contributed by atoms with Crippen molar-refractivity contribution >= 4 is 51.0 Å². The largest absolute Gasteiger partial charge is 0.311 e. The third kappa shape index (κ3) is 13.9. The number of halogens is 1. The first-order valence-electron chi connectivity index (χ1n) is 10.4. The van der Waals surface area contributed by atoms with E-state index in [1.165, 1.54) is 16.7 Å². The van der Waals surface area contributed by atoms with E-state index in [0.29, 0.717) is 0 Å². The predicted octanol–water partition coefficient (Wildman–Crippen LogP) is 9.21. The summed E-state index contributed by atoms with van der Waals surface area (Å²) in [6.45, 7) is 10.9. The standard InChI is InChI=1S/3C8H8.C6H6IOP/c3*1-2-8-6-4-3-5-7-8;7-9(8)6-4-2-1-3-5-6/h3*2-7H,1H2;1-5,9H. The molecule has 0 spiro atoms. The molecule has 4 aromatic carbocycles. The van der Waals surface area contributed by atoms with Gasteiger partial charge < -0.3 is 4.57 Å². The van der Waals surface area contributed by atoms with Crippen LogP contribution in [0.5, 0.6) is 0 Å². The molecule has 0 amide bonds. The van der Waals surface area contributed by atoms with E-state index in [9.17, 15) is 4.57 Å². The Morgan fingerprint density at radius 1 is 0.485 bits per heavy atom. The SMILES string of the molecule is C=Cc1ccccc1.C=Cc1ccccc1.C=Cc1ccccc1.O=[PH](I)c1ccccc1. The molecule has 3 heteroatoms. The Morgan fingerprint density at radius 2 is 0.727 bits per heavy atom. The minimum Gasteiger partial charge on any atom is -0.311 e. The summed E-state index contributed by atoms with van der Waals surface area (Å²) < 4.78 is 10.8. The molecule has 0 saturated carbocycles. The van der Waals surface area contributed by atoms with Crippen LogP contribution < -0.4 is 5.30 Å². The highest BCUT2D eigenvalue weighted by atomic mass is 127. The lowest BCUT2D eigenvalue weighted by Crippen LogP contribution is -1.88. The smallest absolute Gasteiger partial charge is 0.159 e. The Labute approximate surface area is 212 Å². The van der Waals surface area contributed by atoms with E-state index in [2.05, 4.69) is 19.7 Å². The highest BCUT2D eigenvalue weighted by Gasteiger charge is 1.92. The molecular weight excluding hydrogens is 534 g/mol. The second-order valence-corrected chi connectivity index (χ2v) is 10.5. The molecule has 0 N–H and O–H groups in total. The fourth-order valence-electron chi connectivity index (χ4n) is 2.34. The maximum Gasteiger partial charge on any atom is 0.159 e. The number of hydrogen-bond acceptors (Lipinski definition) is 1. The van der Waals surface area contributed by atoms with Gasteiger partial charge in [-0.3, -0.25) is 0 Å². The zero-order valence-corrected chi connectivity index (χ0v) is 21.8. The molecule has 4 rings (SSSR count). The van der Waals surface area contributed by atoms with Gasteiger partial charge in [-0.2, -0.15) is 0 Å². The first-order valence-corrected chi connectivity index (χ1v) is 14.9. The van der Waals surface area contributed by atoms with Crippen molar-refractivity contribution in [1.29, 1.82) is 0 Å². The lowest BCUT2D eigenvalue weighted by molar-refractivity contribution is 0.602. The van der Waals surface area contributed by atoms with Gasteiger partial charge in [0.15, 0.2) is 5.44 Å². The van der Waals surface area contributed by atoms with Crippen molar-refractivity contribution in [1.82, 2.24) is 0 Å². The van der Waals surface area contributed by atoms with Crippen LogP contribution in [0.3, 0.4) is 0 Å². The van der Waals surface area contributed by atoms with Crippen LogP contribution in [0.2, 0.25) is 0 Å². The minimum absolute atomic E-state index is 0.947. The number of hydrogen-bond donors (Lipinski definition) is 0. The minimum atomic E-state index is -1.49. The first-order chi connectivity index (χ1) is 16.1. The van der Waals surface area contributed by atoms with Gasteiger partial charge in [0.2, 0.25) is 0 Å². The van der Waals surface area contributed by atoms with Crippen LogP contribution in [0.15, 0.2) is 141 Å². The summed E-state index contributed by atoms with van der Waals surface area (Å²) in [5, 5.41) is 0.947. The van der Waals surface area contributed by atoms with Crippen molar-refractivity contribution in [3.05, 3.63) is 158 Å². The maximum atomic E-state index is 10.8. The molecule has 33 heavy (non-hydrogen) atoms. The van der Waals surface area contributed by atoms with Crippen molar-refractivity contribution in [3.8, 4) is 0 Å². The Bertz CT molecular complexity index is 960. The lowest BCUT2D eigenvalue weighted by atomic mass is 10.2. The monoisotopic (exact) mass is 564 g/mol. The van der Waals surface area contributed by atoms with Crippen molar-refractivity contribution in [3.63, 3.8) is 0 Å². The molecule has 0 aliphatic heterocycles. The van der Waals surface area contributed by atoms with Gasteiger partial charge in [-0.15, -0.1) is 0 Å². The van der Waals surface area contributed by atoms with E-state index in [-0.39, 0.29) is 0 Å². The van der Waals surface area contributed by atoms with E-state index < -0.39 is 5.44 Å². The molecule has 0 heterocycles. The van der Waals surface area contributed by atoms with E-state index in [4.69, 9.17) is 0 Å². The van der Waals surface area contributed by atoms with Crippen LogP contribution in [-0.2, 0) is 4.57 Å². The second-order valence-electron chi connectivity index (χ2n) is 6.48. The van der Waals surface area contributed by atoms with Crippen molar-refractivity contribution in [2.45, 2.75) is 0 Å². The summed E-state index contributed by atoms with van der Waals surface area (Å²) in [6.07, 6.45) is 5.50. The van der Waals surface area contributed by atoms with Crippen molar-refractivity contribution in [2.24, 2.45) is 0 Å². The highest BCUT2D eigenvalue weighted by Crippen LogP contribution is 2.28. The molecule has 0 saturated heterocycles. The van der Waals surface area contributed by atoms with Crippen LogP contribution in [0, 0.1) is 0 Å². The molecule has 0 aliphatic carbocycles. The van der Waals surface area contributed by atoms with Crippen LogP contribution in [0.4, 0.5) is 0 Å². The van der Waals surface area contributed by atoms with Gasteiger partial charge in [-0.05, 0) is 38.7 Å². The van der Waals surface area contributed by atoms with Crippen molar-refractivity contribution < 1.29 is 4.57 Å². The van der Waals surface area contributed by atoms with Gasteiger partial charge in [0.05, 0.1) is 0 Å². The lowest BCUT2D eigenvalue weighted by Gasteiger charge is -1.89. The third-order valence-electron chi connectivity index (χ3n) is 4.11. The highest BCUT2D eigenvalue weighted by molar-refractivity contribution is 14.2. The molecule has 0 radical (unpaired) electrons. The Hall–Kier alpha value is -2.94. The quantitative estimate of drug-likeness (QED) is 0.178. The maximum absolute atomic E-state index is 10.8. The van der Waals surface area contributed by atoms with Crippen LogP contribution >= 0.6 is 27.5 Å². The summed E-state index contributed by atoms with van der Waals surface area (Å²) >= 11 is 1.95. The summed E-state index contributed by atoms with van der Waals surface area (Å²) in [4.78, 5) is 0. The van der Waals surface area contributed by atoms with Crippen LogP contribution in [-0.4, -0.2) is 0 Å². The van der Waals surface area contributed by atoms with E-state index in [1.54, 1.807) is 0 Å². The first kappa shape index (κ1) is 28.1. The van der Waals surface area contributed by atoms with Gasteiger partial charge in [0, 0.05) is 5.30 Å². The summed E-state index contributed by atoms with van der Waals surface area (Å²) in [5.41, 5.74) is 2.03. The van der Waals surface area contributed by atoms with Gasteiger partial charge in [-0.1, -0.05) is 159 Å². The molecule has 0 aliphatic rings. The summed E-state index contributed by atoms with van der Waals surface area (Å²) in [5.74, 6) is 0. The van der Waals surface area contributed by atoms with E-state index >= 15 is 0 Å². The molecule has 168 valence electrons. The topological polar surface area (TPSA) is 17.1 Å². The van der Waals surface area contributed by atoms with E-state index in [1.807, 2.05) is 162 Å². The zero-order valence-electron chi connectivity index (χ0n) is 18.7. The number of benzene rings is 4. The van der Waals surface area contributed by atoms with Gasteiger partial charge >= 0.3 is 0 Å². The fraction of sp³-hybridized carbons (Fsp3) is 0. The molecule has 0 aromatic heterocycles. The molecule has 1 atom stereocenters. The fourth-order valence-corrected chi connectivity index (χ4v) is 3.87. The van der Waals surface area contributed by atoms with Gasteiger partial charge in [0.1, 0.15) is 0 Å². The molecule has 4 aromatic rings. The Kier molecular flexibility index (Phi) is 15.8. The number of rotatable bonds is 4. The normalized spacial score (nSPS) is 9.73. The average Bonchev–Trinajstić information content (AvgIpc) is 2.91. The molecule has 1 nitrogen and oxygen atoms in total. The molecule has 0 fully saturated rings. The predicted molar refractivity (Wildman–Crippen MR) is 159 cm³/mol. The van der Waals surface area contributed by atoms with Crippen LogP contribution in [0.25, 0.3) is 18.2 Å². The zero-order chi connectivity index (χ0) is 24.2. The van der Waals surface area contributed by atoms with Crippen LogP contribution in [0.1, 0.15) is 16.7 Å². The van der Waals surface area contributed by atoms with Gasteiger partial charge in [-0.25, -0.2) is 0 Å². The Balaban J connectivity index is 0.000000220.